The Hall–Kier alpha value is -3.56. The number of nitrogens with zero attached hydrogens (tertiary/aromatic N) is 3. The van der Waals surface area contributed by atoms with Crippen LogP contribution in [0, 0.1) is 0 Å². The highest BCUT2D eigenvalue weighted by Gasteiger charge is 2.18. The molecule has 5 rings (SSSR count). The van der Waals surface area contributed by atoms with Crippen molar-refractivity contribution in [2.45, 2.75) is 65.0 Å². The van der Waals surface area contributed by atoms with E-state index < -0.39 is 6.16 Å². The third-order valence-electron chi connectivity index (χ3n) is 8.32. The van der Waals surface area contributed by atoms with Gasteiger partial charge in [-0.2, -0.15) is 0 Å². The number of benzene rings is 2. The van der Waals surface area contributed by atoms with E-state index >= 15 is 0 Å². The summed E-state index contributed by atoms with van der Waals surface area (Å²) in [4.78, 5) is 29.8. The van der Waals surface area contributed by atoms with Gasteiger partial charge < -0.3 is 19.1 Å². The molecule has 0 unspecified atom stereocenters. The SMILES string of the molecule is CCCCCCCCOC(=O)OCn1c(=O)ccc2ccc(OCCCCN3CCN(c4cccc5sccc45)CC3)cc21. The van der Waals surface area contributed by atoms with E-state index in [1.807, 2.05) is 18.2 Å². The van der Waals surface area contributed by atoms with Gasteiger partial charge in [-0.25, -0.2) is 4.79 Å². The molecule has 0 bridgehead atoms. The molecule has 2 aromatic carbocycles. The zero-order chi connectivity index (χ0) is 30.6. The number of aromatic nitrogens is 1. The molecule has 236 valence electrons. The predicted octanol–water partition coefficient (Wildman–Crippen LogP) is 7.67. The van der Waals surface area contributed by atoms with E-state index in [0.29, 0.717) is 24.5 Å². The Bertz CT molecular complexity index is 1540. The molecule has 8 nitrogen and oxygen atoms in total. The molecule has 0 saturated carbocycles. The quantitative estimate of drug-likeness (QED) is 0.0941. The molecule has 2 aromatic heterocycles. The van der Waals surface area contributed by atoms with E-state index in [1.54, 1.807) is 17.4 Å². The van der Waals surface area contributed by atoms with Gasteiger partial charge in [0.1, 0.15) is 5.75 Å². The van der Waals surface area contributed by atoms with E-state index in [1.165, 1.54) is 45.7 Å². The van der Waals surface area contributed by atoms with Crippen LogP contribution in [-0.4, -0.2) is 61.6 Å². The smallest absolute Gasteiger partial charge is 0.494 e. The number of piperazine rings is 1. The van der Waals surface area contributed by atoms with E-state index in [4.69, 9.17) is 14.2 Å². The van der Waals surface area contributed by atoms with Crippen LogP contribution in [0.1, 0.15) is 58.3 Å². The molecule has 1 aliphatic rings. The second-order valence-corrected chi connectivity index (χ2v) is 12.4. The molecule has 9 heteroatoms. The Labute approximate surface area is 264 Å². The van der Waals surface area contributed by atoms with Gasteiger partial charge in [-0.05, 0) is 73.0 Å². The standard InChI is InChI=1S/C35H45N3O5S/c1-2-3-4-5-6-8-24-42-35(40)43-27-38-32-26-29(15-13-28(32)14-16-34(38)39)41-23-9-7-18-36-19-21-37(22-20-36)31-11-10-12-33-30(31)17-25-44-33/h10-17,25-26H,2-9,18-24,27H2,1H3. The average Bonchev–Trinajstić information content (AvgIpc) is 3.53. The molecule has 0 atom stereocenters. The normalized spacial score (nSPS) is 13.9. The van der Waals surface area contributed by atoms with Crippen molar-refractivity contribution in [3.63, 3.8) is 0 Å². The summed E-state index contributed by atoms with van der Waals surface area (Å²) in [5.74, 6) is 0.693. The topological polar surface area (TPSA) is 73.2 Å². The second kappa shape index (κ2) is 16.5. The molecule has 1 saturated heterocycles. The van der Waals surface area contributed by atoms with Crippen LogP contribution in [0.5, 0.6) is 5.75 Å². The van der Waals surface area contributed by atoms with Gasteiger partial charge in [0.15, 0.2) is 6.73 Å². The van der Waals surface area contributed by atoms with E-state index in [9.17, 15) is 9.59 Å². The number of hydrogen-bond donors (Lipinski definition) is 0. The molecule has 0 aliphatic carbocycles. The number of carbonyl (C=O) groups excluding carboxylic acids is 1. The van der Waals surface area contributed by atoms with Gasteiger partial charge in [0.2, 0.25) is 0 Å². The lowest BCUT2D eigenvalue weighted by Crippen LogP contribution is -2.46. The van der Waals surface area contributed by atoms with Gasteiger partial charge >= 0.3 is 6.16 Å². The van der Waals surface area contributed by atoms with Crippen molar-refractivity contribution in [3.8, 4) is 5.75 Å². The number of hydrogen-bond acceptors (Lipinski definition) is 8. The van der Waals surface area contributed by atoms with Crippen molar-refractivity contribution in [3.05, 3.63) is 70.3 Å². The van der Waals surface area contributed by atoms with Crippen LogP contribution in [0.2, 0.25) is 0 Å². The number of anilines is 1. The summed E-state index contributed by atoms with van der Waals surface area (Å²) in [6.07, 6.45) is 7.90. The van der Waals surface area contributed by atoms with Crippen LogP contribution in [0.4, 0.5) is 10.5 Å². The van der Waals surface area contributed by atoms with E-state index in [2.05, 4.69) is 46.4 Å². The Morgan fingerprint density at radius 2 is 1.64 bits per heavy atom. The lowest BCUT2D eigenvalue weighted by Gasteiger charge is -2.36. The third kappa shape index (κ3) is 8.76. The minimum Gasteiger partial charge on any atom is -0.494 e. The first-order chi connectivity index (χ1) is 21.6. The summed E-state index contributed by atoms with van der Waals surface area (Å²) in [6, 6.07) is 17.8. The molecular weight excluding hydrogens is 574 g/mol. The van der Waals surface area contributed by atoms with Crippen LogP contribution in [0.3, 0.4) is 0 Å². The summed E-state index contributed by atoms with van der Waals surface area (Å²) in [7, 11) is 0. The van der Waals surface area contributed by atoms with Crippen molar-refractivity contribution in [1.29, 1.82) is 0 Å². The van der Waals surface area contributed by atoms with Crippen LogP contribution >= 0.6 is 11.3 Å². The van der Waals surface area contributed by atoms with Crippen LogP contribution in [-0.2, 0) is 16.2 Å². The van der Waals surface area contributed by atoms with Gasteiger partial charge in [0.05, 0.1) is 18.7 Å². The Morgan fingerprint density at radius 3 is 2.50 bits per heavy atom. The minimum atomic E-state index is -0.754. The average molecular weight is 620 g/mol. The van der Waals surface area contributed by atoms with Gasteiger partial charge in [-0.15, -0.1) is 11.3 Å². The molecule has 0 amide bonds. The van der Waals surface area contributed by atoms with Crippen molar-refractivity contribution in [2.24, 2.45) is 0 Å². The maximum absolute atomic E-state index is 12.6. The molecule has 44 heavy (non-hydrogen) atoms. The monoisotopic (exact) mass is 619 g/mol. The number of pyridine rings is 1. The first-order valence-corrected chi connectivity index (χ1v) is 17.0. The minimum absolute atomic E-state index is 0.204. The number of rotatable bonds is 16. The highest BCUT2D eigenvalue weighted by molar-refractivity contribution is 7.17. The molecule has 0 N–H and O–H groups in total. The molecule has 3 heterocycles. The number of unbranched alkanes of at least 4 members (excludes halogenated alkanes) is 6. The van der Waals surface area contributed by atoms with Crippen molar-refractivity contribution in [1.82, 2.24) is 9.47 Å². The summed E-state index contributed by atoms with van der Waals surface area (Å²) in [5.41, 5.74) is 1.77. The predicted molar refractivity (Wildman–Crippen MR) is 179 cm³/mol. The molecule has 1 aliphatic heterocycles. The highest BCUT2D eigenvalue weighted by atomic mass is 32.1. The van der Waals surface area contributed by atoms with Gasteiger partial charge in [0, 0.05) is 54.1 Å². The van der Waals surface area contributed by atoms with Gasteiger partial charge in [-0.1, -0.05) is 45.1 Å². The fraction of sp³-hybridized carbons (Fsp3) is 0.486. The zero-order valence-corrected chi connectivity index (χ0v) is 26.7. The number of fused-ring (bicyclic) bond motifs is 2. The van der Waals surface area contributed by atoms with Crippen molar-refractivity contribution in [2.75, 3.05) is 50.8 Å². The molecule has 0 spiro atoms. The highest BCUT2D eigenvalue weighted by Crippen LogP contribution is 2.31. The van der Waals surface area contributed by atoms with Crippen LogP contribution in [0.25, 0.3) is 21.0 Å². The van der Waals surface area contributed by atoms with Crippen molar-refractivity contribution >= 4 is 44.2 Å². The fourth-order valence-electron chi connectivity index (χ4n) is 5.78. The van der Waals surface area contributed by atoms with E-state index in [-0.39, 0.29) is 12.3 Å². The summed E-state index contributed by atoms with van der Waals surface area (Å²) < 4.78 is 19.3. The maximum atomic E-state index is 12.6. The Kier molecular flexibility index (Phi) is 11.9. The first kappa shape index (κ1) is 31.9. The zero-order valence-electron chi connectivity index (χ0n) is 25.9. The number of carbonyl (C=O) groups is 1. The largest absolute Gasteiger partial charge is 0.510 e. The Morgan fingerprint density at radius 1 is 0.841 bits per heavy atom. The number of ether oxygens (including phenoxy) is 3. The lowest BCUT2D eigenvalue weighted by atomic mass is 10.1. The van der Waals surface area contributed by atoms with E-state index in [0.717, 1.165) is 70.2 Å². The summed E-state index contributed by atoms with van der Waals surface area (Å²) in [5, 5.41) is 4.41. The van der Waals surface area contributed by atoms with Crippen molar-refractivity contribution < 1.29 is 19.0 Å². The van der Waals surface area contributed by atoms with Gasteiger partial charge in [-0.3, -0.25) is 14.3 Å². The molecular formula is C35H45N3O5S. The van der Waals surface area contributed by atoms with Gasteiger partial charge in [0.25, 0.3) is 5.56 Å². The molecule has 0 radical (unpaired) electrons. The lowest BCUT2D eigenvalue weighted by molar-refractivity contribution is 0.0331. The Balaban J connectivity index is 1.03. The summed E-state index contributed by atoms with van der Waals surface area (Å²) in [6.45, 7) is 8.20. The molecule has 4 aromatic rings. The van der Waals surface area contributed by atoms with Crippen LogP contribution in [0.15, 0.2) is 64.8 Å². The third-order valence-corrected chi connectivity index (χ3v) is 9.20. The summed E-state index contributed by atoms with van der Waals surface area (Å²) >= 11 is 1.80. The number of thiophene rings is 1. The fourth-order valence-corrected chi connectivity index (χ4v) is 6.59. The maximum Gasteiger partial charge on any atom is 0.510 e. The molecule has 1 fully saturated rings. The second-order valence-electron chi connectivity index (χ2n) is 11.5. The van der Waals surface area contributed by atoms with Crippen LogP contribution < -0.4 is 15.2 Å². The first-order valence-electron chi connectivity index (χ1n) is 16.1.